The molecule has 3 heterocycles. The molecule has 6 nitrogen and oxygen atoms in total. The first-order chi connectivity index (χ1) is 12.7. The van der Waals surface area contributed by atoms with Crippen molar-refractivity contribution in [3.8, 4) is 0 Å². The van der Waals surface area contributed by atoms with E-state index in [2.05, 4.69) is 10.1 Å². The highest BCUT2D eigenvalue weighted by atomic mass is 16.3. The van der Waals surface area contributed by atoms with Gasteiger partial charge in [-0.25, -0.2) is 4.98 Å². The van der Waals surface area contributed by atoms with Crippen LogP contribution in [0.25, 0.3) is 11.1 Å². The molecule has 2 aliphatic rings. The first-order valence-electron chi connectivity index (χ1n) is 9.41. The van der Waals surface area contributed by atoms with E-state index in [0.717, 1.165) is 36.9 Å². The third kappa shape index (κ3) is 2.60. The summed E-state index contributed by atoms with van der Waals surface area (Å²) in [5.41, 5.74) is 3.32. The van der Waals surface area contributed by atoms with E-state index in [4.69, 9.17) is 4.42 Å². The number of hydrogen-bond acceptors (Lipinski definition) is 4. The first-order valence-corrected chi connectivity index (χ1v) is 9.41. The van der Waals surface area contributed by atoms with Gasteiger partial charge in [0.05, 0.1) is 0 Å². The van der Waals surface area contributed by atoms with Gasteiger partial charge in [0.15, 0.2) is 11.3 Å². The first kappa shape index (κ1) is 15.6. The molecule has 134 valence electrons. The van der Waals surface area contributed by atoms with E-state index < -0.39 is 0 Å². The highest BCUT2D eigenvalue weighted by Crippen LogP contribution is 2.40. The van der Waals surface area contributed by atoms with Crippen molar-refractivity contribution in [2.45, 2.75) is 44.1 Å². The number of likely N-dealkylation sites (tertiary alicyclic amines) is 1. The molecule has 1 aliphatic carbocycles. The molecule has 3 aromatic rings. The number of para-hydroxylation sites is 2. The van der Waals surface area contributed by atoms with Crippen LogP contribution in [0, 0.1) is 0 Å². The molecule has 1 aliphatic heterocycles. The van der Waals surface area contributed by atoms with Crippen molar-refractivity contribution in [2.24, 2.45) is 7.05 Å². The van der Waals surface area contributed by atoms with E-state index in [1.165, 1.54) is 18.5 Å². The Morgan fingerprint density at radius 2 is 2.04 bits per heavy atom. The third-order valence-corrected chi connectivity index (χ3v) is 5.49. The van der Waals surface area contributed by atoms with Gasteiger partial charge in [-0.3, -0.25) is 9.48 Å². The molecule has 26 heavy (non-hydrogen) atoms. The number of carbonyl (C=O) groups is 1. The molecule has 2 aromatic heterocycles. The molecule has 2 fully saturated rings. The van der Waals surface area contributed by atoms with Gasteiger partial charge in [0.1, 0.15) is 11.6 Å². The van der Waals surface area contributed by atoms with Gasteiger partial charge in [-0.1, -0.05) is 12.1 Å². The number of nitrogens with zero attached hydrogens (tertiary/aromatic N) is 4. The summed E-state index contributed by atoms with van der Waals surface area (Å²) in [4.78, 5) is 19.7. The molecule has 1 aromatic carbocycles. The number of aromatic nitrogens is 3. The van der Waals surface area contributed by atoms with Crippen LogP contribution in [0.3, 0.4) is 0 Å². The summed E-state index contributed by atoms with van der Waals surface area (Å²) in [5, 5.41) is 4.49. The molecular weight excluding hydrogens is 328 g/mol. The van der Waals surface area contributed by atoms with Gasteiger partial charge in [-0.05, 0) is 50.3 Å². The Morgan fingerprint density at radius 1 is 1.19 bits per heavy atom. The van der Waals surface area contributed by atoms with Crippen LogP contribution in [0.5, 0.6) is 0 Å². The van der Waals surface area contributed by atoms with Crippen LogP contribution in [0.1, 0.15) is 66.1 Å². The minimum atomic E-state index is -0.116. The predicted molar refractivity (Wildman–Crippen MR) is 96.8 cm³/mol. The van der Waals surface area contributed by atoms with Gasteiger partial charge >= 0.3 is 0 Å². The SMILES string of the molecule is Cn1nc(C(=O)N2CCCC[C@H]2c2nc3ccccc3o2)cc1C1CC1. The van der Waals surface area contributed by atoms with Crippen LogP contribution in [0.2, 0.25) is 0 Å². The van der Waals surface area contributed by atoms with E-state index in [-0.39, 0.29) is 11.9 Å². The normalized spacial score (nSPS) is 20.7. The molecule has 0 unspecified atom stereocenters. The lowest BCUT2D eigenvalue weighted by Crippen LogP contribution is -2.38. The fraction of sp³-hybridized carbons (Fsp3) is 0.450. The Kier molecular flexibility index (Phi) is 3.58. The maximum absolute atomic E-state index is 13.2. The number of fused-ring (bicyclic) bond motifs is 1. The highest BCUT2D eigenvalue weighted by molar-refractivity contribution is 5.92. The van der Waals surface area contributed by atoms with Gasteiger partial charge in [-0.2, -0.15) is 5.10 Å². The van der Waals surface area contributed by atoms with E-state index in [9.17, 15) is 4.79 Å². The average Bonchev–Trinajstić information content (AvgIpc) is 3.29. The zero-order valence-electron chi connectivity index (χ0n) is 14.9. The monoisotopic (exact) mass is 350 g/mol. The van der Waals surface area contributed by atoms with E-state index in [0.29, 0.717) is 17.5 Å². The summed E-state index contributed by atoms with van der Waals surface area (Å²) in [6, 6.07) is 9.60. The van der Waals surface area contributed by atoms with Crippen molar-refractivity contribution in [2.75, 3.05) is 6.54 Å². The molecule has 0 N–H and O–H groups in total. The minimum Gasteiger partial charge on any atom is -0.438 e. The van der Waals surface area contributed by atoms with Crippen LogP contribution in [-0.4, -0.2) is 32.1 Å². The van der Waals surface area contributed by atoms with Crippen molar-refractivity contribution in [3.63, 3.8) is 0 Å². The summed E-state index contributed by atoms with van der Waals surface area (Å²) in [6.07, 6.45) is 5.35. The number of piperidine rings is 1. The van der Waals surface area contributed by atoms with Crippen LogP contribution in [0.15, 0.2) is 34.7 Å². The van der Waals surface area contributed by atoms with E-state index >= 15 is 0 Å². The molecule has 0 radical (unpaired) electrons. The van der Waals surface area contributed by atoms with Crippen molar-refractivity contribution >= 4 is 17.0 Å². The standard InChI is InChI=1S/C20H22N4O2/c1-23-17(13-9-10-13)12-15(22-23)20(25)24-11-5-4-7-16(24)19-21-14-6-2-3-8-18(14)26-19/h2-3,6,8,12-13,16H,4-5,7,9-11H2,1H3/t16-/m0/s1. The number of aryl methyl sites for hydroxylation is 1. The van der Waals surface area contributed by atoms with E-state index in [1.54, 1.807) is 0 Å². The molecule has 1 saturated carbocycles. The smallest absolute Gasteiger partial charge is 0.275 e. The maximum atomic E-state index is 13.2. The van der Waals surface area contributed by atoms with Gasteiger partial charge < -0.3 is 9.32 Å². The number of oxazole rings is 1. The largest absolute Gasteiger partial charge is 0.438 e. The number of rotatable bonds is 3. The van der Waals surface area contributed by atoms with E-state index in [1.807, 2.05) is 47.0 Å². The Morgan fingerprint density at radius 3 is 2.85 bits per heavy atom. The van der Waals surface area contributed by atoms with Crippen molar-refractivity contribution in [1.82, 2.24) is 19.7 Å². The Hall–Kier alpha value is -2.63. The summed E-state index contributed by atoms with van der Waals surface area (Å²) < 4.78 is 7.83. The second-order valence-corrected chi connectivity index (χ2v) is 7.38. The van der Waals surface area contributed by atoms with Gasteiger partial charge in [-0.15, -0.1) is 0 Å². The number of benzene rings is 1. The molecule has 5 rings (SSSR count). The quantitative estimate of drug-likeness (QED) is 0.720. The third-order valence-electron chi connectivity index (χ3n) is 5.49. The van der Waals surface area contributed by atoms with Crippen LogP contribution in [-0.2, 0) is 7.05 Å². The molecular formula is C20H22N4O2. The van der Waals surface area contributed by atoms with Gasteiger partial charge in [0.2, 0.25) is 5.89 Å². The highest BCUT2D eigenvalue weighted by Gasteiger charge is 2.35. The van der Waals surface area contributed by atoms with Crippen molar-refractivity contribution in [3.05, 3.63) is 47.6 Å². The van der Waals surface area contributed by atoms with Gasteiger partial charge in [0.25, 0.3) is 5.91 Å². The second-order valence-electron chi connectivity index (χ2n) is 7.38. The summed E-state index contributed by atoms with van der Waals surface area (Å²) in [5.74, 6) is 1.19. The fourth-order valence-corrected chi connectivity index (χ4v) is 3.96. The van der Waals surface area contributed by atoms with Gasteiger partial charge in [0, 0.05) is 25.2 Å². The number of amides is 1. The van der Waals surface area contributed by atoms with Crippen LogP contribution >= 0.6 is 0 Å². The number of carbonyl (C=O) groups excluding carboxylic acids is 1. The zero-order valence-corrected chi connectivity index (χ0v) is 14.9. The summed E-state index contributed by atoms with van der Waals surface area (Å²) >= 11 is 0. The van der Waals surface area contributed by atoms with Crippen LogP contribution < -0.4 is 0 Å². The predicted octanol–water partition coefficient (Wildman–Crippen LogP) is 3.81. The Balaban J connectivity index is 1.47. The summed E-state index contributed by atoms with van der Waals surface area (Å²) in [7, 11) is 1.93. The minimum absolute atomic E-state index is 0.0144. The lowest BCUT2D eigenvalue weighted by Gasteiger charge is -2.33. The topological polar surface area (TPSA) is 64.2 Å². The lowest BCUT2D eigenvalue weighted by atomic mass is 10.0. The zero-order chi connectivity index (χ0) is 17.7. The average molecular weight is 350 g/mol. The molecule has 6 heteroatoms. The van der Waals surface area contributed by atoms with Crippen molar-refractivity contribution < 1.29 is 9.21 Å². The molecule has 1 amide bonds. The summed E-state index contributed by atoms with van der Waals surface area (Å²) in [6.45, 7) is 0.720. The Bertz CT molecular complexity index is 936. The lowest BCUT2D eigenvalue weighted by molar-refractivity contribution is 0.0567. The van der Waals surface area contributed by atoms with Crippen LogP contribution in [0.4, 0.5) is 0 Å². The maximum Gasteiger partial charge on any atom is 0.275 e. The Labute approximate surface area is 151 Å². The molecule has 0 spiro atoms. The molecule has 1 atom stereocenters. The number of hydrogen-bond donors (Lipinski definition) is 0. The van der Waals surface area contributed by atoms with Crippen molar-refractivity contribution in [1.29, 1.82) is 0 Å². The second kappa shape index (κ2) is 5.97. The molecule has 1 saturated heterocycles. The fourth-order valence-electron chi connectivity index (χ4n) is 3.96. The molecule has 0 bridgehead atoms.